The molecule has 0 aliphatic carbocycles. The molecule has 0 heterocycles. The molecule has 0 spiro atoms. The monoisotopic (exact) mass is 367 g/mol. The van der Waals surface area contributed by atoms with E-state index in [2.05, 4.69) is 5.32 Å². The van der Waals surface area contributed by atoms with Gasteiger partial charge in [-0.2, -0.15) is 0 Å². The molecule has 1 amide bonds. The van der Waals surface area contributed by atoms with E-state index in [0.29, 0.717) is 31.3 Å². The average Bonchev–Trinajstić information content (AvgIpc) is 2.39. The smallest absolute Gasteiger partial charge is 0.255 e. The van der Waals surface area contributed by atoms with E-state index in [-0.39, 0.29) is 10.9 Å². The maximum Gasteiger partial charge on any atom is 0.255 e. The third kappa shape index (κ3) is 3.51. The Morgan fingerprint density at radius 1 is 0.750 bits per heavy atom. The van der Waals surface area contributed by atoms with Crippen molar-refractivity contribution in [3.05, 3.63) is 61.0 Å². The molecule has 2 nitrogen and oxygen atoms in total. The Kier molecular flexibility index (Phi) is 5.05. The van der Waals surface area contributed by atoms with Crippen LogP contribution in [0, 0.1) is 0 Å². The van der Waals surface area contributed by atoms with Crippen LogP contribution in [0.1, 0.15) is 10.4 Å². The molecule has 7 heteroatoms. The van der Waals surface area contributed by atoms with Gasteiger partial charge >= 0.3 is 0 Å². The van der Waals surface area contributed by atoms with Gasteiger partial charge in [0.1, 0.15) is 0 Å². The number of carbonyl (C=O) groups is 1. The molecular formula is C13H6Cl5NO. The van der Waals surface area contributed by atoms with Crippen molar-refractivity contribution in [2.75, 3.05) is 5.32 Å². The van der Waals surface area contributed by atoms with Gasteiger partial charge in [-0.05, 0) is 30.3 Å². The molecule has 0 radical (unpaired) electrons. The third-order valence-corrected chi connectivity index (χ3v) is 4.21. The molecule has 1 N–H and O–H groups in total. The first-order valence-electron chi connectivity index (χ1n) is 5.29. The van der Waals surface area contributed by atoms with Gasteiger partial charge in [-0.15, -0.1) is 0 Å². The van der Waals surface area contributed by atoms with Crippen molar-refractivity contribution in [2.45, 2.75) is 0 Å². The van der Waals surface area contributed by atoms with E-state index in [9.17, 15) is 4.79 Å². The summed E-state index contributed by atoms with van der Waals surface area (Å²) in [5.41, 5.74) is 0.707. The second kappa shape index (κ2) is 6.42. The highest BCUT2D eigenvalue weighted by Gasteiger charge is 2.12. The fourth-order valence-corrected chi connectivity index (χ4v) is 2.34. The number of rotatable bonds is 2. The molecule has 0 aliphatic heterocycles. The number of nitrogens with one attached hydrogen (secondary N) is 1. The van der Waals surface area contributed by atoms with Gasteiger partial charge in [-0.25, -0.2) is 0 Å². The fourth-order valence-electron chi connectivity index (χ4n) is 1.45. The molecule has 2 aromatic rings. The molecule has 2 aromatic carbocycles. The van der Waals surface area contributed by atoms with E-state index < -0.39 is 0 Å². The summed E-state index contributed by atoms with van der Waals surface area (Å²) in [4.78, 5) is 12.1. The number of hydrogen-bond donors (Lipinski definition) is 1. The Bertz CT molecular complexity index is 687. The summed E-state index contributed by atoms with van der Waals surface area (Å²) in [5, 5.41) is 4.17. The number of amides is 1. The van der Waals surface area contributed by atoms with Crippen molar-refractivity contribution in [1.29, 1.82) is 0 Å². The number of halogens is 5. The third-order valence-electron chi connectivity index (χ3n) is 2.44. The highest BCUT2D eigenvalue weighted by atomic mass is 35.5. The van der Waals surface area contributed by atoms with Gasteiger partial charge in [0.25, 0.3) is 5.91 Å². The van der Waals surface area contributed by atoms with Gasteiger partial charge in [0, 0.05) is 5.56 Å². The van der Waals surface area contributed by atoms with Crippen LogP contribution in [0.4, 0.5) is 5.69 Å². The number of hydrogen-bond acceptors (Lipinski definition) is 1. The predicted molar refractivity (Wildman–Crippen MR) is 85.9 cm³/mol. The predicted octanol–water partition coefficient (Wildman–Crippen LogP) is 6.21. The van der Waals surface area contributed by atoms with Crippen molar-refractivity contribution >= 4 is 69.6 Å². The van der Waals surface area contributed by atoms with Gasteiger partial charge in [-0.3, -0.25) is 4.79 Å². The lowest BCUT2D eigenvalue weighted by molar-refractivity contribution is 0.102. The second-order valence-electron chi connectivity index (χ2n) is 3.83. The van der Waals surface area contributed by atoms with E-state index in [0.717, 1.165) is 0 Å². The average molecular weight is 369 g/mol. The van der Waals surface area contributed by atoms with Crippen LogP contribution in [0.3, 0.4) is 0 Å². The van der Waals surface area contributed by atoms with Crippen molar-refractivity contribution in [3.8, 4) is 0 Å². The summed E-state index contributed by atoms with van der Waals surface area (Å²) in [5.74, 6) is -0.385. The lowest BCUT2D eigenvalue weighted by Gasteiger charge is -2.09. The van der Waals surface area contributed by atoms with Crippen LogP contribution in [0.2, 0.25) is 25.1 Å². The quantitative estimate of drug-likeness (QED) is 0.627. The van der Waals surface area contributed by atoms with E-state index >= 15 is 0 Å². The minimum atomic E-state index is -0.385. The Morgan fingerprint density at radius 3 is 2.00 bits per heavy atom. The molecule has 0 saturated carbocycles. The summed E-state index contributed by atoms with van der Waals surface area (Å²) in [6.45, 7) is 0. The van der Waals surface area contributed by atoms with Crippen LogP contribution in [-0.2, 0) is 0 Å². The number of carbonyl (C=O) groups excluding carboxylic acids is 1. The van der Waals surface area contributed by atoms with E-state index in [1.807, 2.05) is 0 Å². The zero-order valence-electron chi connectivity index (χ0n) is 9.68. The first-order chi connectivity index (χ1) is 9.38. The SMILES string of the molecule is O=C(Nc1cc(Cl)c(Cl)cc1Cl)c1ccc(Cl)c(Cl)c1. The first-order valence-corrected chi connectivity index (χ1v) is 7.18. The molecule has 104 valence electrons. The summed E-state index contributed by atoms with van der Waals surface area (Å²) < 4.78 is 0. The zero-order chi connectivity index (χ0) is 14.9. The lowest BCUT2D eigenvalue weighted by Crippen LogP contribution is -2.12. The minimum absolute atomic E-state index is 0.285. The van der Waals surface area contributed by atoms with Gasteiger partial charge < -0.3 is 5.32 Å². The normalized spacial score (nSPS) is 10.4. The van der Waals surface area contributed by atoms with Crippen LogP contribution in [0.5, 0.6) is 0 Å². The van der Waals surface area contributed by atoms with Crippen LogP contribution in [-0.4, -0.2) is 5.91 Å². The van der Waals surface area contributed by atoms with E-state index in [1.165, 1.54) is 24.3 Å². The minimum Gasteiger partial charge on any atom is -0.321 e. The highest BCUT2D eigenvalue weighted by molar-refractivity contribution is 6.44. The summed E-state index contributed by atoms with van der Waals surface area (Å²) in [6.07, 6.45) is 0. The van der Waals surface area contributed by atoms with Crippen molar-refractivity contribution in [1.82, 2.24) is 0 Å². The number of benzene rings is 2. The van der Waals surface area contributed by atoms with Crippen LogP contribution in [0.15, 0.2) is 30.3 Å². The molecule has 0 aliphatic rings. The van der Waals surface area contributed by atoms with Crippen LogP contribution in [0.25, 0.3) is 0 Å². The van der Waals surface area contributed by atoms with Crippen LogP contribution >= 0.6 is 58.0 Å². The molecule has 0 atom stereocenters. The van der Waals surface area contributed by atoms with Gasteiger partial charge in [0.05, 0.1) is 30.8 Å². The van der Waals surface area contributed by atoms with Gasteiger partial charge in [-0.1, -0.05) is 58.0 Å². The van der Waals surface area contributed by atoms with E-state index in [1.54, 1.807) is 6.07 Å². The standard InChI is InChI=1S/C13H6Cl5NO/c14-7-2-1-6(3-8(7)15)13(20)19-12-5-10(17)9(16)4-11(12)18/h1-5H,(H,19,20). The molecule has 20 heavy (non-hydrogen) atoms. The van der Waals surface area contributed by atoms with Gasteiger partial charge in [0.2, 0.25) is 0 Å². The van der Waals surface area contributed by atoms with Crippen LogP contribution < -0.4 is 5.32 Å². The summed E-state index contributed by atoms with van der Waals surface area (Å²) in [7, 11) is 0. The largest absolute Gasteiger partial charge is 0.321 e. The Balaban J connectivity index is 2.27. The highest BCUT2D eigenvalue weighted by Crippen LogP contribution is 2.32. The summed E-state index contributed by atoms with van der Waals surface area (Å²) >= 11 is 29.3. The fraction of sp³-hybridized carbons (Fsp3) is 0. The molecule has 0 fully saturated rings. The maximum atomic E-state index is 12.1. The van der Waals surface area contributed by atoms with E-state index in [4.69, 9.17) is 58.0 Å². The maximum absolute atomic E-state index is 12.1. The molecule has 0 saturated heterocycles. The topological polar surface area (TPSA) is 29.1 Å². The van der Waals surface area contributed by atoms with Crippen molar-refractivity contribution in [3.63, 3.8) is 0 Å². The lowest BCUT2D eigenvalue weighted by atomic mass is 10.2. The number of anilines is 1. The molecule has 0 aromatic heterocycles. The van der Waals surface area contributed by atoms with Crippen molar-refractivity contribution in [2.24, 2.45) is 0 Å². The molecule has 0 bridgehead atoms. The zero-order valence-corrected chi connectivity index (χ0v) is 13.5. The Morgan fingerprint density at radius 2 is 1.35 bits per heavy atom. The Labute approximate surface area is 140 Å². The second-order valence-corrected chi connectivity index (χ2v) is 5.87. The Hall–Kier alpha value is -0.640. The molecule has 2 rings (SSSR count). The van der Waals surface area contributed by atoms with Gasteiger partial charge in [0.15, 0.2) is 0 Å². The van der Waals surface area contributed by atoms with Crippen molar-refractivity contribution < 1.29 is 4.79 Å². The molecule has 0 unspecified atom stereocenters. The first kappa shape index (κ1) is 15.7. The summed E-state index contributed by atoms with van der Waals surface area (Å²) in [6, 6.07) is 7.48. The molecular weight excluding hydrogens is 363 g/mol.